The number of hydrogen-bond donors (Lipinski definition) is 3. The number of amides is 2. The molecule has 2 amide bonds. The van der Waals surface area contributed by atoms with E-state index in [1.807, 2.05) is 0 Å². The first kappa shape index (κ1) is 16.8. The van der Waals surface area contributed by atoms with Crippen molar-refractivity contribution in [3.63, 3.8) is 0 Å². The number of ether oxygens (including phenoxy) is 1. The fourth-order valence-corrected chi connectivity index (χ4v) is 2.61. The van der Waals surface area contributed by atoms with E-state index in [0.29, 0.717) is 24.3 Å². The number of carbonyl (C=O) groups excluding carboxylic acids is 1. The van der Waals surface area contributed by atoms with Gasteiger partial charge in [-0.25, -0.2) is 4.79 Å². The Kier molecular flexibility index (Phi) is 6.26. The summed E-state index contributed by atoms with van der Waals surface area (Å²) in [6.07, 6.45) is 0. The number of hydrogen-bond acceptors (Lipinski definition) is 3. The summed E-state index contributed by atoms with van der Waals surface area (Å²) in [5, 5.41) is 14.5. The van der Waals surface area contributed by atoms with Crippen LogP contribution in [0.1, 0.15) is 27.7 Å². The van der Waals surface area contributed by atoms with Crippen LogP contribution < -0.4 is 10.6 Å². The van der Waals surface area contributed by atoms with Crippen LogP contribution in [-0.4, -0.2) is 42.9 Å². The van der Waals surface area contributed by atoms with E-state index >= 15 is 0 Å². The molecule has 116 valence electrons. The highest BCUT2D eigenvalue weighted by molar-refractivity contribution is 5.77. The molecular weight excluding hydrogens is 260 g/mol. The molecule has 0 aliphatic carbocycles. The molecule has 2 atom stereocenters. The smallest absolute Gasteiger partial charge is 0.315 e. The SMILES string of the molecule is CC(C)C(CNC(=O)NC1COCC1C(=O)O)C(C)C. The van der Waals surface area contributed by atoms with E-state index in [2.05, 4.69) is 38.3 Å². The van der Waals surface area contributed by atoms with Crippen LogP contribution in [-0.2, 0) is 9.53 Å². The molecular formula is C14H26N2O4. The summed E-state index contributed by atoms with van der Waals surface area (Å²) in [4.78, 5) is 22.8. The van der Waals surface area contributed by atoms with Gasteiger partial charge in [0.1, 0.15) is 5.92 Å². The lowest BCUT2D eigenvalue weighted by Crippen LogP contribution is -2.48. The first-order valence-electron chi connectivity index (χ1n) is 7.17. The quantitative estimate of drug-likeness (QED) is 0.687. The molecule has 0 aromatic heterocycles. The Morgan fingerprint density at radius 2 is 1.80 bits per heavy atom. The molecule has 3 N–H and O–H groups in total. The number of urea groups is 1. The van der Waals surface area contributed by atoms with E-state index in [1.54, 1.807) is 0 Å². The molecule has 1 rings (SSSR count). The predicted molar refractivity (Wildman–Crippen MR) is 75.4 cm³/mol. The van der Waals surface area contributed by atoms with E-state index in [4.69, 9.17) is 9.84 Å². The minimum absolute atomic E-state index is 0.154. The second kappa shape index (κ2) is 7.47. The van der Waals surface area contributed by atoms with Gasteiger partial charge in [-0.2, -0.15) is 0 Å². The zero-order valence-electron chi connectivity index (χ0n) is 12.7. The Morgan fingerprint density at radius 1 is 1.20 bits per heavy atom. The summed E-state index contributed by atoms with van der Waals surface area (Å²) >= 11 is 0. The maximum atomic E-state index is 11.8. The van der Waals surface area contributed by atoms with E-state index in [9.17, 15) is 9.59 Å². The van der Waals surface area contributed by atoms with Crippen LogP contribution in [0.5, 0.6) is 0 Å². The largest absolute Gasteiger partial charge is 0.481 e. The van der Waals surface area contributed by atoms with E-state index in [1.165, 1.54) is 0 Å². The Morgan fingerprint density at radius 3 is 2.30 bits per heavy atom. The third-order valence-electron chi connectivity index (χ3n) is 3.93. The summed E-state index contributed by atoms with van der Waals surface area (Å²) in [6.45, 7) is 9.53. The van der Waals surface area contributed by atoms with Gasteiger partial charge in [0.25, 0.3) is 0 Å². The van der Waals surface area contributed by atoms with Gasteiger partial charge in [-0.3, -0.25) is 4.79 Å². The molecule has 0 aromatic rings. The highest BCUT2D eigenvalue weighted by Crippen LogP contribution is 2.19. The molecule has 20 heavy (non-hydrogen) atoms. The van der Waals surface area contributed by atoms with Gasteiger partial charge in [-0.05, 0) is 17.8 Å². The van der Waals surface area contributed by atoms with Crippen LogP contribution in [0.3, 0.4) is 0 Å². The van der Waals surface area contributed by atoms with E-state index in [0.717, 1.165) is 0 Å². The van der Waals surface area contributed by atoms with Gasteiger partial charge in [0, 0.05) is 6.54 Å². The van der Waals surface area contributed by atoms with Crippen LogP contribution in [0.4, 0.5) is 4.79 Å². The Hall–Kier alpha value is -1.30. The standard InChI is InChI=1S/C14H26N2O4/c1-8(2)10(9(3)4)5-15-14(19)16-12-7-20-6-11(12)13(17)18/h8-12H,5-7H2,1-4H3,(H,17,18)(H2,15,16,19). The van der Waals surface area contributed by atoms with Gasteiger partial charge >= 0.3 is 12.0 Å². The van der Waals surface area contributed by atoms with Crippen molar-refractivity contribution in [2.45, 2.75) is 33.7 Å². The second-order valence-electron chi connectivity index (χ2n) is 6.09. The number of aliphatic carboxylic acids is 1. The number of carboxylic acids is 1. The zero-order valence-corrected chi connectivity index (χ0v) is 12.7. The summed E-state index contributed by atoms with van der Waals surface area (Å²) in [5.74, 6) is -0.230. The first-order valence-corrected chi connectivity index (χ1v) is 7.17. The normalized spacial score (nSPS) is 22.6. The van der Waals surface area contributed by atoms with Gasteiger partial charge < -0.3 is 20.5 Å². The molecule has 1 saturated heterocycles. The van der Waals surface area contributed by atoms with Crippen molar-refractivity contribution in [1.82, 2.24) is 10.6 Å². The molecule has 1 aliphatic rings. The topological polar surface area (TPSA) is 87.7 Å². The van der Waals surface area contributed by atoms with Gasteiger partial charge in [0.2, 0.25) is 0 Å². The zero-order chi connectivity index (χ0) is 15.3. The average Bonchev–Trinajstić information content (AvgIpc) is 2.76. The van der Waals surface area contributed by atoms with Crippen LogP contribution in [0, 0.1) is 23.7 Å². The molecule has 0 spiro atoms. The second-order valence-corrected chi connectivity index (χ2v) is 6.09. The summed E-state index contributed by atoms with van der Waals surface area (Å²) in [7, 11) is 0. The van der Waals surface area contributed by atoms with Gasteiger partial charge in [0.05, 0.1) is 19.3 Å². The molecule has 6 nitrogen and oxygen atoms in total. The molecule has 1 aliphatic heterocycles. The third kappa shape index (κ3) is 4.67. The minimum atomic E-state index is -0.935. The van der Waals surface area contributed by atoms with Crippen LogP contribution in [0.25, 0.3) is 0 Å². The summed E-state index contributed by atoms with van der Waals surface area (Å²) < 4.78 is 5.11. The molecule has 1 heterocycles. The highest BCUT2D eigenvalue weighted by atomic mass is 16.5. The average molecular weight is 286 g/mol. The molecule has 0 saturated carbocycles. The lowest BCUT2D eigenvalue weighted by Gasteiger charge is -2.25. The number of nitrogens with one attached hydrogen (secondary N) is 2. The number of carbonyl (C=O) groups is 2. The molecule has 6 heteroatoms. The first-order chi connectivity index (χ1) is 9.32. The van der Waals surface area contributed by atoms with Crippen LogP contribution >= 0.6 is 0 Å². The van der Waals surface area contributed by atoms with Crippen molar-refractivity contribution in [3.8, 4) is 0 Å². The third-order valence-corrected chi connectivity index (χ3v) is 3.93. The fraction of sp³-hybridized carbons (Fsp3) is 0.857. The molecule has 1 fully saturated rings. The van der Waals surface area contributed by atoms with Crippen molar-refractivity contribution in [3.05, 3.63) is 0 Å². The molecule has 0 radical (unpaired) electrons. The summed E-state index contributed by atoms with van der Waals surface area (Å²) in [5.41, 5.74) is 0. The van der Waals surface area contributed by atoms with Crippen molar-refractivity contribution < 1.29 is 19.4 Å². The Labute approximate surface area is 120 Å². The van der Waals surface area contributed by atoms with Gasteiger partial charge in [-0.1, -0.05) is 27.7 Å². The van der Waals surface area contributed by atoms with Gasteiger partial charge in [0.15, 0.2) is 0 Å². The highest BCUT2D eigenvalue weighted by Gasteiger charge is 2.35. The van der Waals surface area contributed by atoms with Gasteiger partial charge in [-0.15, -0.1) is 0 Å². The van der Waals surface area contributed by atoms with E-state index in [-0.39, 0.29) is 19.2 Å². The summed E-state index contributed by atoms with van der Waals surface area (Å²) in [6, 6.07) is -0.776. The maximum Gasteiger partial charge on any atom is 0.315 e. The molecule has 0 aromatic carbocycles. The van der Waals surface area contributed by atoms with Crippen molar-refractivity contribution in [2.75, 3.05) is 19.8 Å². The predicted octanol–water partition coefficient (Wildman–Crippen LogP) is 1.31. The molecule has 0 bridgehead atoms. The lowest BCUT2D eigenvalue weighted by molar-refractivity contribution is -0.142. The van der Waals surface area contributed by atoms with E-state index < -0.39 is 17.9 Å². The maximum absolute atomic E-state index is 11.8. The van der Waals surface area contributed by atoms with Crippen LogP contribution in [0.2, 0.25) is 0 Å². The Bertz CT molecular complexity index is 336. The van der Waals surface area contributed by atoms with Crippen molar-refractivity contribution >= 4 is 12.0 Å². The van der Waals surface area contributed by atoms with Crippen molar-refractivity contribution in [1.29, 1.82) is 0 Å². The minimum Gasteiger partial charge on any atom is -0.481 e. The lowest BCUT2D eigenvalue weighted by atomic mass is 9.85. The van der Waals surface area contributed by atoms with Crippen molar-refractivity contribution in [2.24, 2.45) is 23.7 Å². The molecule has 2 unspecified atom stereocenters. The number of rotatable bonds is 6. The Balaban J connectivity index is 2.42. The number of carboxylic acid groups (broad SMARTS) is 1. The monoisotopic (exact) mass is 286 g/mol. The fourth-order valence-electron chi connectivity index (χ4n) is 2.61. The van der Waals surface area contributed by atoms with Crippen LogP contribution in [0.15, 0.2) is 0 Å².